The molecule has 7 nitrogen and oxygen atoms in total. The second-order valence-corrected chi connectivity index (χ2v) is 6.24. The van der Waals surface area contributed by atoms with Crippen molar-refractivity contribution in [1.82, 2.24) is 20.4 Å². The summed E-state index contributed by atoms with van der Waals surface area (Å²) in [6.07, 6.45) is 6.93. The molecule has 0 bridgehead atoms. The van der Waals surface area contributed by atoms with Gasteiger partial charge in [-0.25, -0.2) is 4.79 Å². The van der Waals surface area contributed by atoms with E-state index < -0.39 is 0 Å². The predicted molar refractivity (Wildman–Crippen MR) is 88.5 cm³/mol. The minimum Gasteiger partial charge on any atom is -0.469 e. The molecule has 2 amide bonds. The standard InChI is InChI=1S/C17H24N4O3/c1-12(10-13-4-3-9-24-13)19-17(23)20-15-5-2-6-16-14(15)11-18-21(16)7-8-22/h3-4,9,11-12,15,22H,2,5-8,10H2,1H3,(H2,19,20,23)/t12-,15-/m0/s1. The molecule has 0 spiro atoms. The molecule has 3 N–H and O–H groups in total. The molecule has 7 heteroatoms. The van der Waals surface area contributed by atoms with Crippen LogP contribution in [0.5, 0.6) is 0 Å². The average Bonchev–Trinajstić information content (AvgIpc) is 3.18. The van der Waals surface area contributed by atoms with Gasteiger partial charge in [-0.05, 0) is 38.3 Å². The van der Waals surface area contributed by atoms with Crippen LogP contribution in [-0.4, -0.2) is 33.6 Å². The Morgan fingerprint density at radius 2 is 2.46 bits per heavy atom. The van der Waals surface area contributed by atoms with Crippen LogP contribution in [0.4, 0.5) is 4.79 Å². The van der Waals surface area contributed by atoms with Crippen molar-refractivity contribution in [2.45, 2.75) is 51.2 Å². The number of carbonyl (C=O) groups excluding carboxylic acids is 1. The molecule has 1 aliphatic rings. The number of nitrogens with zero attached hydrogens (tertiary/aromatic N) is 2. The molecule has 1 aliphatic carbocycles. The van der Waals surface area contributed by atoms with Crippen molar-refractivity contribution in [1.29, 1.82) is 0 Å². The van der Waals surface area contributed by atoms with Crippen molar-refractivity contribution < 1.29 is 14.3 Å². The molecule has 2 aromatic rings. The fourth-order valence-corrected chi connectivity index (χ4v) is 3.26. The fourth-order valence-electron chi connectivity index (χ4n) is 3.26. The summed E-state index contributed by atoms with van der Waals surface area (Å²) < 4.78 is 7.14. The number of rotatable bonds is 6. The molecule has 0 aromatic carbocycles. The summed E-state index contributed by atoms with van der Waals surface area (Å²) >= 11 is 0. The van der Waals surface area contributed by atoms with Crippen LogP contribution in [0.15, 0.2) is 29.0 Å². The fraction of sp³-hybridized carbons (Fsp3) is 0.529. The van der Waals surface area contributed by atoms with E-state index in [0.29, 0.717) is 13.0 Å². The topological polar surface area (TPSA) is 92.3 Å². The van der Waals surface area contributed by atoms with E-state index in [2.05, 4.69) is 15.7 Å². The molecule has 130 valence electrons. The number of amides is 2. The first-order valence-corrected chi connectivity index (χ1v) is 8.42. The largest absolute Gasteiger partial charge is 0.469 e. The summed E-state index contributed by atoms with van der Waals surface area (Å²) in [5.41, 5.74) is 2.17. The Kier molecular flexibility index (Phi) is 5.20. The monoisotopic (exact) mass is 332 g/mol. The van der Waals surface area contributed by atoms with Crippen LogP contribution in [-0.2, 0) is 19.4 Å². The highest BCUT2D eigenvalue weighted by Crippen LogP contribution is 2.29. The maximum absolute atomic E-state index is 12.3. The van der Waals surface area contributed by atoms with Crippen LogP contribution in [0.2, 0.25) is 0 Å². The molecule has 0 saturated carbocycles. The van der Waals surface area contributed by atoms with Gasteiger partial charge in [-0.1, -0.05) is 0 Å². The third kappa shape index (κ3) is 3.79. The SMILES string of the molecule is C[C@@H](Cc1ccco1)NC(=O)N[C@H]1CCCc2c1cnn2CCO. The number of fused-ring (bicyclic) bond motifs is 1. The Labute approximate surface area is 141 Å². The normalized spacial score (nSPS) is 18.0. The maximum atomic E-state index is 12.3. The van der Waals surface area contributed by atoms with Gasteiger partial charge in [0.05, 0.1) is 31.7 Å². The summed E-state index contributed by atoms with van der Waals surface area (Å²) in [7, 11) is 0. The lowest BCUT2D eigenvalue weighted by Crippen LogP contribution is -2.43. The van der Waals surface area contributed by atoms with Gasteiger partial charge in [0.25, 0.3) is 0 Å². The highest BCUT2D eigenvalue weighted by Gasteiger charge is 2.25. The maximum Gasteiger partial charge on any atom is 0.315 e. The number of hydrogen-bond donors (Lipinski definition) is 3. The molecular weight excluding hydrogens is 308 g/mol. The first kappa shape index (κ1) is 16.6. The quantitative estimate of drug-likeness (QED) is 0.752. The molecule has 2 atom stereocenters. The summed E-state index contributed by atoms with van der Waals surface area (Å²) in [5, 5.41) is 19.4. The van der Waals surface area contributed by atoms with Crippen molar-refractivity contribution in [3.05, 3.63) is 41.6 Å². The molecule has 0 saturated heterocycles. The van der Waals surface area contributed by atoms with Crippen molar-refractivity contribution in [2.24, 2.45) is 0 Å². The van der Waals surface area contributed by atoms with Gasteiger partial charge in [-0.3, -0.25) is 4.68 Å². The van der Waals surface area contributed by atoms with Gasteiger partial charge in [0.15, 0.2) is 0 Å². The van der Waals surface area contributed by atoms with Gasteiger partial charge in [0.2, 0.25) is 0 Å². The lowest BCUT2D eigenvalue weighted by Gasteiger charge is -2.25. The molecule has 2 heterocycles. The van der Waals surface area contributed by atoms with E-state index in [4.69, 9.17) is 9.52 Å². The van der Waals surface area contributed by atoms with Gasteiger partial charge in [-0.15, -0.1) is 0 Å². The lowest BCUT2D eigenvalue weighted by molar-refractivity contribution is 0.231. The molecule has 0 aliphatic heterocycles. The Hall–Kier alpha value is -2.28. The summed E-state index contributed by atoms with van der Waals surface area (Å²) in [4.78, 5) is 12.3. The zero-order valence-electron chi connectivity index (χ0n) is 13.9. The van der Waals surface area contributed by atoms with Crippen molar-refractivity contribution >= 4 is 6.03 Å². The van der Waals surface area contributed by atoms with E-state index in [1.165, 1.54) is 0 Å². The second kappa shape index (κ2) is 7.53. The number of urea groups is 1. The minimum absolute atomic E-state index is 0.0173. The molecular formula is C17H24N4O3. The summed E-state index contributed by atoms with van der Waals surface area (Å²) in [6, 6.07) is 3.52. The van der Waals surface area contributed by atoms with Crippen molar-refractivity contribution in [3.8, 4) is 0 Å². The number of carbonyl (C=O) groups is 1. The van der Waals surface area contributed by atoms with E-state index in [-0.39, 0.29) is 24.7 Å². The van der Waals surface area contributed by atoms with E-state index in [1.807, 2.05) is 23.7 Å². The van der Waals surface area contributed by atoms with Crippen LogP contribution in [0.3, 0.4) is 0 Å². The molecule has 24 heavy (non-hydrogen) atoms. The Morgan fingerprint density at radius 3 is 3.21 bits per heavy atom. The van der Waals surface area contributed by atoms with Crippen molar-refractivity contribution in [2.75, 3.05) is 6.61 Å². The first-order valence-electron chi connectivity index (χ1n) is 8.42. The first-order chi connectivity index (χ1) is 11.7. The van der Waals surface area contributed by atoms with E-state index in [0.717, 1.165) is 36.3 Å². The van der Waals surface area contributed by atoms with Crippen LogP contribution in [0.25, 0.3) is 0 Å². The van der Waals surface area contributed by atoms with Crippen LogP contribution < -0.4 is 10.6 Å². The average molecular weight is 332 g/mol. The van der Waals surface area contributed by atoms with Crippen LogP contribution in [0, 0.1) is 0 Å². The van der Waals surface area contributed by atoms with E-state index >= 15 is 0 Å². The number of aliphatic hydroxyl groups is 1. The molecule has 0 radical (unpaired) electrons. The molecule has 3 rings (SSSR count). The molecule has 0 unspecified atom stereocenters. The highest BCUT2D eigenvalue weighted by molar-refractivity contribution is 5.74. The Bertz CT molecular complexity index is 665. The van der Waals surface area contributed by atoms with Gasteiger partial charge >= 0.3 is 6.03 Å². The predicted octanol–water partition coefficient (Wildman–Crippen LogP) is 1.78. The number of aromatic nitrogens is 2. The Morgan fingerprint density at radius 1 is 1.58 bits per heavy atom. The van der Waals surface area contributed by atoms with Gasteiger partial charge in [-0.2, -0.15) is 5.10 Å². The number of hydrogen-bond acceptors (Lipinski definition) is 4. The van der Waals surface area contributed by atoms with Crippen LogP contribution in [0.1, 0.15) is 42.8 Å². The highest BCUT2D eigenvalue weighted by atomic mass is 16.3. The van der Waals surface area contributed by atoms with E-state index in [9.17, 15) is 4.79 Å². The third-order valence-electron chi connectivity index (χ3n) is 4.34. The molecule has 0 fully saturated rings. The zero-order chi connectivity index (χ0) is 16.9. The zero-order valence-corrected chi connectivity index (χ0v) is 13.9. The number of nitrogens with one attached hydrogen (secondary N) is 2. The third-order valence-corrected chi connectivity index (χ3v) is 4.34. The second-order valence-electron chi connectivity index (χ2n) is 6.24. The van der Waals surface area contributed by atoms with Gasteiger partial charge in [0.1, 0.15) is 5.76 Å². The lowest BCUT2D eigenvalue weighted by atomic mass is 9.93. The van der Waals surface area contributed by atoms with Gasteiger partial charge in [0, 0.05) is 23.7 Å². The minimum atomic E-state index is -0.179. The Balaban J connectivity index is 1.57. The van der Waals surface area contributed by atoms with Crippen molar-refractivity contribution in [3.63, 3.8) is 0 Å². The number of furan rings is 1. The summed E-state index contributed by atoms with van der Waals surface area (Å²) in [5.74, 6) is 0.855. The van der Waals surface area contributed by atoms with Gasteiger partial charge < -0.3 is 20.2 Å². The number of aliphatic hydroxyl groups excluding tert-OH is 1. The smallest absolute Gasteiger partial charge is 0.315 e. The summed E-state index contributed by atoms with van der Waals surface area (Å²) in [6.45, 7) is 2.51. The molecule has 2 aromatic heterocycles. The van der Waals surface area contributed by atoms with E-state index in [1.54, 1.807) is 12.5 Å². The van der Waals surface area contributed by atoms with Crippen LogP contribution >= 0.6 is 0 Å².